The zero-order valence-electron chi connectivity index (χ0n) is 20.9. The van der Waals surface area contributed by atoms with Gasteiger partial charge in [-0.15, -0.1) is 0 Å². The van der Waals surface area contributed by atoms with Crippen LogP contribution < -0.4 is 29.0 Å². The molecule has 0 saturated heterocycles. The van der Waals surface area contributed by atoms with Gasteiger partial charge < -0.3 is 29.0 Å². The van der Waals surface area contributed by atoms with Gasteiger partial charge in [-0.1, -0.05) is 30.3 Å². The second-order valence-corrected chi connectivity index (χ2v) is 8.58. The lowest BCUT2D eigenvalue weighted by atomic mass is 9.84. The van der Waals surface area contributed by atoms with Crippen LogP contribution in [-0.4, -0.2) is 43.2 Å². The van der Waals surface area contributed by atoms with E-state index in [9.17, 15) is 0 Å². The van der Waals surface area contributed by atoms with Gasteiger partial charge in [-0.2, -0.15) is 10.1 Å². The van der Waals surface area contributed by atoms with Crippen LogP contribution in [0.3, 0.4) is 0 Å². The van der Waals surface area contributed by atoms with Crippen molar-refractivity contribution in [2.45, 2.75) is 12.1 Å². The smallest absolute Gasteiger partial charge is 0.226 e. The van der Waals surface area contributed by atoms with Gasteiger partial charge in [0, 0.05) is 22.3 Å². The van der Waals surface area contributed by atoms with Crippen LogP contribution in [0.2, 0.25) is 0 Å². The van der Waals surface area contributed by atoms with Gasteiger partial charge in [0.15, 0.2) is 11.5 Å². The fourth-order valence-electron chi connectivity index (χ4n) is 5.14. The van der Waals surface area contributed by atoms with Gasteiger partial charge in [-0.3, -0.25) is 0 Å². The molecule has 3 heterocycles. The number of aromatic nitrogens is 3. The van der Waals surface area contributed by atoms with Crippen LogP contribution in [0.1, 0.15) is 28.8 Å². The number of hydrogen-bond donors (Lipinski definition) is 1. The highest BCUT2D eigenvalue weighted by Gasteiger charge is 2.42. The molecule has 2 aliphatic heterocycles. The highest BCUT2D eigenvalue weighted by Crippen LogP contribution is 2.53. The third-order valence-corrected chi connectivity index (χ3v) is 6.74. The first-order valence-electron chi connectivity index (χ1n) is 11.8. The Kier molecular flexibility index (Phi) is 5.60. The maximum Gasteiger partial charge on any atom is 0.226 e. The monoisotopic (exact) mass is 498 g/mol. The Bertz CT molecular complexity index is 1490. The van der Waals surface area contributed by atoms with Crippen molar-refractivity contribution in [3.63, 3.8) is 0 Å². The summed E-state index contributed by atoms with van der Waals surface area (Å²) in [4.78, 5) is 4.50. The Morgan fingerprint density at radius 2 is 1.54 bits per heavy atom. The van der Waals surface area contributed by atoms with Crippen molar-refractivity contribution in [2.24, 2.45) is 0 Å². The molecule has 0 spiro atoms. The van der Waals surface area contributed by atoms with E-state index in [2.05, 4.69) is 15.4 Å². The second kappa shape index (κ2) is 9.09. The molecule has 0 unspecified atom stereocenters. The summed E-state index contributed by atoms with van der Waals surface area (Å²) < 4.78 is 31.3. The number of anilines is 1. The van der Waals surface area contributed by atoms with Crippen molar-refractivity contribution >= 4 is 11.6 Å². The van der Waals surface area contributed by atoms with Gasteiger partial charge in [0.2, 0.25) is 11.7 Å². The minimum Gasteiger partial charge on any atom is -0.496 e. The van der Waals surface area contributed by atoms with Crippen molar-refractivity contribution in [3.05, 3.63) is 89.3 Å². The first kappa shape index (κ1) is 22.8. The first-order chi connectivity index (χ1) is 18.2. The molecule has 37 heavy (non-hydrogen) atoms. The topological polar surface area (TPSA) is 88.9 Å². The molecule has 2 aliphatic rings. The van der Waals surface area contributed by atoms with E-state index in [-0.39, 0.29) is 6.04 Å². The fraction of sp³-hybridized carbons (Fsp3) is 0.214. The largest absolute Gasteiger partial charge is 0.496 e. The number of nitrogens with zero attached hydrogens (tertiary/aromatic N) is 3. The highest BCUT2D eigenvalue weighted by molar-refractivity contribution is 5.85. The summed E-state index contributed by atoms with van der Waals surface area (Å²) in [7, 11) is 6.46. The summed E-state index contributed by atoms with van der Waals surface area (Å²) in [5.74, 6) is 3.72. The average molecular weight is 499 g/mol. The first-order valence-corrected chi connectivity index (χ1v) is 11.8. The summed E-state index contributed by atoms with van der Waals surface area (Å²) in [6.07, 6.45) is 1.03. The van der Waals surface area contributed by atoms with Gasteiger partial charge in [-0.25, -0.2) is 4.68 Å². The van der Waals surface area contributed by atoms with E-state index < -0.39 is 6.10 Å². The zero-order chi connectivity index (χ0) is 25.5. The molecule has 0 amide bonds. The lowest BCUT2D eigenvalue weighted by Crippen LogP contribution is -2.32. The number of fused-ring (bicyclic) bond motifs is 3. The highest BCUT2D eigenvalue weighted by atomic mass is 16.5. The molecule has 3 aromatic carbocycles. The number of hydrogen-bond acceptors (Lipinski definition) is 8. The molecule has 0 saturated carbocycles. The van der Waals surface area contributed by atoms with Crippen molar-refractivity contribution < 1.29 is 23.7 Å². The van der Waals surface area contributed by atoms with Crippen LogP contribution in [0.25, 0.3) is 5.70 Å². The summed E-state index contributed by atoms with van der Waals surface area (Å²) in [6.45, 7) is 0. The standard InChI is InChI=1S/C28H26N4O5/c1-33-19-11-7-6-10-18(19)25-23-24(31-28-29-15-30-32(25)28)17-9-5-8-12-20(17)37-26(23)16-13-21(34-2)27(36-4)22(14-16)35-3/h5-15,25-26H,1-4H3,(H,29,30,31)/t25-,26+/m1/s1. The number of benzene rings is 3. The summed E-state index contributed by atoms with van der Waals surface area (Å²) in [6, 6.07) is 19.3. The predicted molar refractivity (Wildman–Crippen MR) is 138 cm³/mol. The van der Waals surface area contributed by atoms with Gasteiger partial charge >= 0.3 is 0 Å². The van der Waals surface area contributed by atoms with E-state index in [4.69, 9.17) is 23.7 Å². The van der Waals surface area contributed by atoms with Gasteiger partial charge in [0.25, 0.3) is 0 Å². The van der Waals surface area contributed by atoms with E-state index in [0.29, 0.717) is 23.2 Å². The molecule has 9 nitrogen and oxygen atoms in total. The molecule has 1 N–H and O–H groups in total. The molecule has 0 bridgehead atoms. The number of rotatable bonds is 6. The fourth-order valence-corrected chi connectivity index (χ4v) is 5.14. The molecule has 0 radical (unpaired) electrons. The van der Waals surface area contributed by atoms with Gasteiger partial charge in [-0.05, 0) is 30.3 Å². The Hall–Kier alpha value is -4.66. The molecule has 188 valence electrons. The van der Waals surface area contributed by atoms with Gasteiger partial charge in [0.1, 0.15) is 30.0 Å². The van der Waals surface area contributed by atoms with Gasteiger partial charge in [0.05, 0.1) is 34.1 Å². The molecule has 9 heteroatoms. The maximum atomic E-state index is 6.72. The third kappa shape index (κ3) is 3.54. The van der Waals surface area contributed by atoms with Crippen LogP contribution in [0.4, 0.5) is 5.95 Å². The van der Waals surface area contributed by atoms with Crippen LogP contribution in [0, 0.1) is 0 Å². The van der Waals surface area contributed by atoms with Crippen LogP contribution >= 0.6 is 0 Å². The van der Waals surface area contributed by atoms with Crippen LogP contribution in [0.5, 0.6) is 28.7 Å². The Labute approximate surface area is 214 Å². The third-order valence-electron chi connectivity index (χ3n) is 6.74. The maximum absolute atomic E-state index is 6.72. The van der Waals surface area contributed by atoms with E-state index in [1.54, 1.807) is 34.8 Å². The van der Waals surface area contributed by atoms with E-state index in [1.165, 1.54) is 0 Å². The Balaban J connectivity index is 1.64. The van der Waals surface area contributed by atoms with Crippen LogP contribution in [-0.2, 0) is 0 Å². The van der Waals surface area contributed by atoms with Crippen molar-refractivity contribution in [1.29, 1.82) is 0 Å². The SMILES string of the molecule is COc1ccccc1[C@@H]1C2=C(Nc3ncnn31)c1ccccc1O[C@H]2c1cc(OC)c(OC)c(OC)c1. The summed E-state index contributed by atoms with van der Waals surface area (Å²) in [5, 5.41) is 8.10. The lowest BCUT2D eigenvalue weighted by molar-refractivity contribution is 0.220. The number of nitrogens with one attached hydrogen (secondary N) is 1. The Morgan fingerprint density at radius 1 is 0.838 bits per heavy atom. The zero-order valence-corrected chi connectivity index (χ0v) is 20.9. The predicted octanol–water partition coefficient (Wildman–Crippen LogP) is 4.87. The van der Waals surface area contributed by atoms with Crippen molar-refractivity contribution in [3.8, 4) is 28.7 Å². The molecular weight excluding hydrogens is 472 g/mol. The van der Waals surface area contributed by atoms with E-state index in [1.807, 2.05) is 65.3 Å². The normalized spacial score (nSPS) is 17.5. The lowest BCUT2D eigenvalue weighted by Gasteiger charge is -2.39. The number of ether oxygens (including phenoxy) is 5. The molecule has 0 aliphatic carbocycles. The average Bonchev–Trinajstić information content (AvgIpc) is 3.43. The molecule has 4 aromatic rings. The number of methoxy groups -OCH3 is 4. The second-order valence-electron chi connectivity index (χ2n) is 8.58. The summed E-state index contributed by atoms with van der Waals surface area (Å²) >= 11 is 0. The molecule has 2 atom stereocenters. The minimum absolute atomic E-state index is 0.359. The molecule has 1 aromatic heterocycles. The van der Waals surface area contributed by atoms with E-state index >= 15 is 0 Å². The summed E-state index contributed by atoms with van der Waals surface area (Å²) in [5.41, 5.74) is 4.58. The van der Waals surface area contributed by atoms with E-state index in [0.717, 1.165) is 39.5 Å². The van der Waals surface area contributed by atoms with Crippen molar-refractivity contribution in [1.82, 2.24) is 14.8 Å². The quantitative estimate of drug-likeness (QED) is 0.403. The minimum atomic E-state index is -0.515. The molecule has 0 fully saturated rings. The van der Waals surface area contributed by atoms with Crippen molar-refractivity contribution in [2.75, 3.05) is 33.8 Å². The van der Waals surface area contributed by atoms with Crippen LogP contribution in [0.15, 0.2) is 72.6 Å². The number of para-hydroxylation sites is 2. The Morgan fingerprint density at radius 3 is 2.27 bits per heavy atom. The molecular formula is C28H26N4O5. The molecule has 6 rings (SSSR count).